The lowest BCUT2D eigenvalue weighted by molar-refractivity contribution is 0.351. The average Bonchev–Trinajstić information content (AvgIpc) is 2.20. The van der Waals surface area contributed by atoms with Gasteiger partial charge in [0.05, 0.1) is 12.5 Å². The van der Waals surface area contributed by atoms with Crippen LogP contribution in [0.2, 0.25) is 0 Å². The number of hydrogen-bond acceptors (Lipinski definition) is 5. The molecule has 5 heteroatoms. The molecule has 5 nitrogen and oxygen atoms in total. The van der Waals surface area contributed by atoms with Crippen molar-refractivity contribution in [3.8, 4) is 17.2 Å². The van der Waals surface area contributed by atoms with Gasteiger partial charge in [-0.15, -0.1) is 0 Å². The summed E-state index contributed by atoms with van der Waals surface area (Å²) < 4.78 is 9.55. The Morgan fingerprint density at radius 2 is 2.07 bits per heavy atom. The summed E-state index contributed by atoms with van der Waals surface area (Å²) in [5, 5.41) is 19.1. The number of rotatable bonds is 1. The highest BCUT2D eigenvalue weighted by atomic mass is 16.5. The predicted octanol–water partition coefficient (Wildman–Crippen LogP) is 1.21. The second-order valence-corrected chi connectivity index (χ2v) is 2.95. The van der Waals surface area contributed by atoms with Gasteiger partial charge in [-0.2, -0.15) is 0 Å². The highest BCUT2D eigenvalue weighted by Crippen LogP contribution is 2.32. The van der Waals surface area contributed by atoms with Crippen molar-refractivity contribution in [1.82, 2.24) is 0 Å². The summed E-state index contributed by atoms with van der Waals surface area (Å²) in [6.45, 7) is 0. The van der Waals surface area contributed by atoms with Crippen LogP contribution in [-0.4, -0.2) is 17.3 Å². The molecule has 0 saturated carbocycles. The zero-order valence-electron chi connectivity index (χ0n) is 7.85. The van der Waals surface area contributed by atoms with E-state index in [0.29, 0.717) is 0 Å². The number of aromatic hydroxyl groups is 2. The lowest BCUT2D eigenvalue weighted by Crippen LogP contribution is -2.03. The number of phenols is 1. The molecule has 0 saturated heterocycles. The average molecular weight is 208 g/mol. The van der Waals surface area contributed by atoms with E-state index < -0.39 is 5.63 Å². The van der Waals surface area contributed by atoms with Crippen LogP contribution in [0.4, 0.5) is 0 Å². The molecule has 1 aromatic heterocycles. The molecule has 0 radical (unpaired) electrons. The summed E-state index contributed by atoms with van der Waals surface area (Å²) in [4.78, 5) is 11.3. The topological polar surface area (TPSA) is 79.9 Å². The first-order valence-corrected chi connectivity index (χ1v) is 4.16. The Hall–Kier alpha value is -2.17. The van der Waals surface area contributed by atoms with Gasteiger partial charge in [0.15, 0.2) is 5.75 Å². The number of phenolic OH excluding ortho intramolecular Hbond substituents is 1. The Balaban J connectivity index is 2.92. The second kappa shape index (κ2) is 3.20. The summed E-state index contributed by atoms with van der Waals surface area (Å²) in [5.41, 5.74) is -0.565. The number of ether oxygens (including phenoxy) is 1. The van der Waals surface area contributed by atoms with E-state index in [1.807, 2.05) is 0 Å². The molecule has 0 spiro atoms. The number of methoxy groups -OCH3 is 1. The van der Waals surface area contributed by atoms with Crippen LogP contribution in [0.25, 0.3) is 11.0 Å². The maximum atomic E-state index is 11.3. The third kappa shape index (κ3) is 1.38. The van der Waals surface area contributed by atoms with E-state index in [9.17, 15) is 15.0 Å². The van der Waals surface area contributed by atoms with Crippen molar-refractivity contribution < 1.29 is 19.4 Å². The minimum Gasteiger partial charge on any atom is -0.508 e. The first kappa shape index (κ1) is 9.39. The summed E-state index contributed by atoms with van der Waals surface area (Å²) >= 11 is 0. The van der Waals surface area contributed by atoms with E-state index in [2.05, 4.69) is 4.74 Å². The maximum absolute atomic E-state index is 11.3. The van der Waals surface area contributed by atoms with Crippen molar-refractivity contribution in [3.05, 3.63) is 28.6 Å². The fourth-order valence-corrected chi connectivity index (χ4v) is 1.34. The third-order valence-corrected chi connectivity index (χ3v) is 2.03. The molecule has 1 aromatic carbocycles. The molecule has 0 bridgehead atoms. The molecule has 0 aliphatic heterocycles. The third-order valence-electron chi connectivity index (χ3n) is 2.03. The Morgan fingerprint density at radius 3 is 2.73 bits per heavy atom. The van der Waals surface area contributed by atoms with Gasteiger partial charge in [0.25, 0.3) is 0 Å². The molecule has 0 aliphatic carbocycles. The zero-order chi connectivity index (χ0) is 11.0. The molecule has 0 fully saturated rings. The molecule has 0 amide bonds. The quantitative estimate of drug-likeness (QED) is 0.688. The normalized spacial score (nSPS) is 10.5. The van der Waals surface area contributed by atoms with Crippen LogP contribution in [0, 0.1) is 0 Å². The molecule has 2 aromatic rings. The van der Waals surface area contributed by atoms with Crippen LogP contribution < -0.4 is 10.4 Å². The van der Waals surface area contributed by atoms with Crippen molar-refractivity contribution in [2.24, 2.45) is 0 Å². The van der Waals surface area contributed by atoms with E-state index >= 15 is 0 Å². The highest BCUT2D eigenvalue weighted by molar-refractivity contribution is 5.86. The summed E-state index contributed by atoms with van der Waals surface area (Å²) in [5.74, 6) is -0.638. The van der Waals surface area contributed by atoms with Gasteiger partial charge in [-0.1, -0.05) is 0 Å². The summed E-state index contributed by atoms with van der Waals surface area (Å²) in [7, 11) is 1.25. The summed E-state index contributed by atoms with van der Waals surface area (Å²) in [6.07, 6.45) is 0. The molecule has 2 N–H and O–H groups in total. The first-order chi connectivity index (χ1) is 7.13. The molecule has 0 aliphatic rings. The van der Waals surface area contributed by atoms with Crippen molar-refractivity contribution in [3.63, 3.8) is 0 Å². The molecule has 0 unspecified atom stereocenters. The fourth-order valence-electron chi connectivity index (χ4n) is 1.34. The number of hydrogen-bond donors (Lipinski definition) is 2. The Kier molecular flexibility index (Phi) is 2.00. The van der Waals surface area contributed by atoms with E-state index in [1.165, 1.54) is 25.3 Å². The van der Waals surface area contributed by atoms with Crippen molar-refractivity contribution in [1.29, 1.82) is 0 Å². The fraction of sp³-hybridized carbons (Fsp3) is 0.100. The molecular weight excluding hydrogens is 200 g/mol. The van der Waals surface area contributed by atoms with Crippen molar-refractivity contribution in [2.75, 3.05) is 7.11 Å². The van der Waals surface area contributed by atoms with Crippen LogP contribution in [0.3, 0.4) is 0 Å². The van der Waals surface area contributed by atoms with E-state index in [1.54, 1.807) is 0 Å². The number of fused-ring (bicyclic) bond motifs is 1. The molecule has 2 rings (SSSR count). The minimum absolute atomic E-state index is 0.0336. The Bertz CT molecular complexity index is 570. The van der Waals surface area contributed by atoms with Gasteiger partial charge >= 0.3 is 5.63 Å². The zero-order valence-corrected chi connectivity index (χ0v) is 7.85. The van der Waals surface area contributed by atoms with Gasteiger partial charge in [-0.3, -0.25) is 0 Å². The van der Waals surface area contributed by atoms with Crippen LogP contribution in [0.5, 0.6) is 17.2 Å². The first-order valence-electron chi connectivity index (χ1n) is 4.16. The lowest BCUT2D eigenvalue weighted by atomic mass is 10.2. The van der Waals surface area contributed by atoms with Gasteiger partial charge in [0.1, 0.15) is 11.3 Å². The van der Waals surface area contributed by atoms with E-state index in [0.717, 1.165) is 0 Å². The van der Waals surface area contributed by atoms with Gasteiger partial charge in [0, 0.05) is 0 Å². The van der Waals surface area contributed by atoms with Crippen LogP contribution >= 0.6 is 0 Å². The van der Waals surface area contributed by atoms with Crippen LogP contribution in [-0.2, 0) is 0 Å². The van der Waals surface area contributed by atoms with E-state index in [4.69, 9.17) is 4.42 Å². The SMILES string of the molecule is COc1c(O)c2cc(O)ccc2oc1=O. The smallest absolute Gasteiger partial charge is 0.383 e. The summed E-state index contributed by atoms with van der Waals surface area (Å²) in [6, 6.07) is 4.04. The van der Waals surface area contributed by atoms with Crippen LogP contribution in [0.1, 0.15) is 0 Å². The Labute approximate surface area is 84.1 Å². The number of benzene rings is 1. The van der Waals surface area contributed by atoms with Gasteiger partial charge in [-0.25, -0.2) is 4.79 Å². The molecule has 1 heterocycles. The monoisotopic (exact) mass is 208 g/mol. The molecule has 78 valence electrons. The Morgan fingerprint density at radius 1 is 1.33 bits per heavy atom. The van der Waals surface area contributed by atoms with E-state index in [-0.39, 0.29) is 28.2 Å². The van der Waals surface area contributed by atoms with Gasteiger partial charge < -0.3 is 19.4 Å². The van der Waals surface area contributed by atoms with Crippen molar-refractivity contribution >= 4 is 11.0 Å². The largest absolute Gasteiger partial charge is 0.508 e. The predicted molar refractivity (Wildman–Crippen MR) is 52.4 cm³/mol. The highest BCUT2D eigenvalue weighted by Gasteiger charge is 2.14. The van der Waals surface area contributed by atoms with Crippen LogP contribution in [0.15, 0.2) is 27.4 Å². The minimum atomic E-state index is -0.756. The van der Waals surface area contributed by atoms with Gasteiger partial charge in [-0.05, 0) is 18.2 Å². The second-order valence-electron chi connectivity index (χ2n) is 2.95. The molecular formula is C10H8O5. The van der Waals surface area contributed by atoms with Gasteiger partial charge in [0.2, 0.25) is 5.75 Å². The lowest BCUT2D eigenvalue weighted by Gasteiger charge is -2.04. The molecule has 15 heavy (non-hydrogen) atoms. The molecule has 0 atom stereocenters. The maximum Gasteiger partial charge on any atom is 0.383 e. The standard InChI is InChI=1S/C10H8O5/c1-14-9-8(12)6-4-5(11)2-3-7(6)15-10(9)13/h2-4,11-12H,1H3. The van der Waals surface area contributed by atoms with Crippen molar-refractivity contribution in [2.45, 2.75) is 0 Å².